The predicted molar refractivity (Wildman–Crippen MR) is 72.1 cm³/mol. The molecule has 2 N–H and O–H groups in total. The van der Waals surface area contributed by atoms with E-state index in [9.17, 15) is 0 Å². The van der Waals surface area contributed by atoms with E-state index < -0.39 is 0 Å². The van der Waals surface area contributed by atoms with Crippen LogP contribution in [-0.4, -0.2) is 9.55 Å². The van der Waals surface area contributed by atoms with E-state index in [0.717, 1.165) is 16.9 Å². The molecule has 0 aliphatic carbocycles. The number of nitrogens with two attached hydrogens (primary N) is 1. The minimum atomic E-state index is -0.115. The fourth-order valence-electron chi connectivity index (χ4n) is 1.90. The molecule has 92 valence electrons. The summed E-state index contributed by atoms with van der Waals surface area (Å²) in [6.45, 7) is 6.33. The van der Waals surface area contributed by atoms with E-state index >= 15 is 0 Å². The number of para-hydroxylation sites is 1. The summed E-state index contributed by atoms with van der Waals surface area (Å²) in [7, 11) is 1.96. The smallest absolute Gasteiger partial charge is 0.127 e. The highest BCUT2D eigenvalue weighted by Crippen LogP contribution is 2.32. The van der Waals surface area contributed by atoms with Crippen molar-refractivity contribution in [3.05, 3.63) is 29.0 Å². The first kappa shape index (κ1) is 12.4. The lowest BCUT2D eigenvalue weighted by Crippen LogP contribution is -2.28. The lowest BCUT2D eigenvalue weighted by atomic mass is 9.87. The molecule has 3 nitrogen and oxygen atoms in total. The third-order valence-electron chi connectivity index (χ3n) is 3.09. The van der Waals surface area contributed by atoms with Crippen LogP contribution in [0.2, 0.25) is 5.02 Å². The van der Waals surface area contributed by atoms with Crippen LogP contribution in [-0.2, 0) is 7.05 Å². The topological polar surface area (TPSA) is 43.8 Å². The highest BCUT2D eigenvalue weighted by Gasteiger charge is 2.27. The number of benzene rings is 1. The number of fused-ring (bicyclic) bond motifs is 1. The molecule has 1 heterocycles. The minimum Gasteiger partial charge on any atom is -0.329 e. The SMILES string of the molecule is Cn1c(C(N)C(C)(C)C)nc2cccc(Cl)c21. The Morgan fingerprint density at radius 2 is 2.00 bits per heavy atom. The van der Waals surface area contributed by atoms with Gasteiger partial charge in [-0.1, -0.05) is 38.4 Å². The number of hydrogen-bond acceptors (Lipinski definition) is 2. The van der Waals surface area contributed by atoms with Gasteiger partial charge in [-0.3, -0.25) is 0 Å². The number of rotatable bonds is 1. The Hall–Kier alpha value is -1.06. The molecule has 1 aromatic heterocycles. The van der Waals surface area contributed by atoms with Gasteiger partial charge in [0.1, 0.15) is 5.82 Å². The Balaban J connectivity index is 2.65. The van der Waals surface area contributed by atoms with Gasteiger partial charge in [-0.2, -0.15) is 0 Å². The van der Waals surface area contributed by atoms with Crippen LogP contribution in [0, 0.1) is 5.41 Å². The van der Waals surface area contributed by atoms with Crippen molar-refractivity contribution in [2.24, 2.45) is 18.2 Å². The number of nitrogens with zero attached hydrogens (tertiary/aromatic N) is 2. The van der Waals surface area contributed by atoms with Gasteiger partial charge in [0.05, 0.1) is 22.1 Å². The molecule has 0 saturated carbocycles. The Kier molecular flexibility index (Phi) is 2.92. The molecule has 1 aromatic carbocycles. The van der Waals surface area contributed by atoms with E-state index in [-0.39, 0.29) is 11.5 Å². The molecule has 0 amide bonds. The zero-order valence-corrected chi connectivity index (χ0v) is 11.4. The Morgan fingerprint density at radius 3 is 2.53 bits per heavy atom. The van der Waals surface area contributed by atoms with Crippen molar-refractivity contribution < 1.29 is 0 Å². The van der Waals surface area contributed by atoms with Crippen LogP contribution in [0.4, 0.5) is 0 Å². The molecule has 17 heavy (non-hydrogen) atoms. The Morgan fingerprint density at radius 1 is 1.35 bits per heavy atom. The maximum absolute atomic E-state index is 6.26. The van der Waals surface area contributed by atoms with Crippen molar-refractivity contribution in [2.45, 2.75) is 26.8 Å². The maximum Gasteiger partial charge on any atom is 0.127 e. The zero-order valence-electron chi connectivity index (χ0n) is 10.7. The standard InChI is InChI=1S/C13H18ClN3/c1-13(2,3)11(15)12-16-9-7-5-6-8(14)10(9)17(12)4/h5-7,11H,15H2,1-4H3. The van der Waals surface area contributed by atoms with E-state index in [1.54, 1.807) is 0 Å². The van der Waals surface area contributed by atoms with Crippen LogP contribution >= 0.6 is 11.6 Å². The van der Waals surface area contributed by atoms with E-state index in [2.05, 4.69) is 25.8 Å². The van der Waals surface area contributed by atoms with Gasteiger partial charge in [0.25, 0.3) is 0 Å². The molecular formula is C13H18ClN3. The molecule has 1 atom stereocenters. The number of aromatic nitrogens is 2. The van der Waals surface area contributed by atoms with Gasteiger partial charge in [0, 0.05) is 7.05 Å². The molecular weight excluding hydrogens is 234 g/mol. The molecule has 0 aliphatic rings. The summed E-state index contributed by atoms with van der Waals surface area (Å²) in [4.78, 5) is 4.59. The number of halogens is 1. The molecule has 4 heteroatoms. The summed E-state index contributed by atoms with van der Waals surface area (Å²) in [5.74, 6) is 0.876. The largest absolute Gasteiger partial charge is 0.329 e. The number of imidazole rings is 1. The molecule has 0 fully saturated rings. The van der Waals surface area contributed by atoms with Crippen molar-refractivity contribution in [2.75, 3.05) is 0 Å². The summed E-state index contributed by atoms with van der Waals surface area (Å²) < 4.78 is 1.99. The molecule has 0 saturated heterocycles. The van der Waals surface area contributed by atoms with Crippen molar-refractivity contribution in [3.63, 3.8) is 0 Å². The van der Waals surface area contributed by atoms with Crippen LogP contribution in [0.3, 0.4) is 0 Å². The van der Waals surface area contributed by atoms with E-state index in [4.69, 9.17) is 17.3 Å². The Labute approximate surface area is 107 Å². The van der Waals surface area contributed by atoms with Gasteiger partial charge < -0.3 is 10.3 Å². The minimum absolute atomic E-state index is 0.0262. The zero-order chi connectivity index (χ0) is 12.8. The molecule has 2 aromatic rings. The van der Waals surface area contributed by atoms with Crippen LogP contribution in [0.15, 0.2) is 18.2 Å². The summed E-state index contributed by atoms with van der Waals surface area (Å²) in [6, 6.07) is 5.62. The van der Waals surface area contributed by atoms with Gasteiger partial charge in [0.15, 0.2) is 0 Å². The second-order valence-electron chi connectivity index (χ2n) is 5.48. The molecule has 0 radical (unpaired) electrons. The average molecular weight is 252 g/mol. The summed E-state index contributed by atoms with van der Waals surface area (Å²) in [5.41, 5.74) is 8.08. The highest BCUT2D eigenvalue weighted by atomic mass is 35.5. The first-order chi connectivity index (χ1) is 7.82. The highest BCUT2D eigenvalue weighted by molar-refractivity contribution is 6.35. The molecule has 1 unspecified atom stereocenters. The third kappa shape index (κ3) is 2.05. The first-order valence-corrected chi connectivity index (χ1v) is 6.06. The van der Waals surface area contributed by atoms with Crippen molar-refractivity contribution in [3.8, 4) is 0 Å². The summed E-state index contributed by atoms with van der Waals surface area (Å²) in [5, 5.41) is 0.713. The second-order valence-corrected chi connectivity index (χ2v) is 5.89. The van der Waals surface area contributed by atoms with Crippen LogP contribution < -0.4 is 5.73 Å². The van der Waals surface area contributed by atoms with Crippen molar-refractivity contribution in [1.29, 1.82) is 0 Å². The molecule has 2 rings (SSSR count). The lowest BCUT2D eigenvalue weighted by Gasteiger charge is -2.26. The van der Waals surface area contributed by atoms with E-state index in [0.29, 0.717) is 5.02 Å². The predicted octanol–water partition coefficient (Wildman–Crippen LogP) is 3.27. The molecule has 0 aliphatic heterocycles. The lowest BCUT2D eigenvalue weighted by molar-refractivity contribution is 0.311. The van der Waals surface area contributed by atoms with Gasteiger partial charge in [-0.15, -0.1) is 0 Å². The van der Waals surface area contributed by atoms with Gasteiger partial charge in [-0.25, -0.2) is 4.98 Å². The molecule has 0 spiro atoms. The Bertz CT molecular complexity index is 552. The van der Waals surface area contributed by atoms with Crippen LogP contribution in [0.1, 0.15) is 32.6 Å². The normalized spacial score (nSPS) is 14.2. The van der Waals surface area contributed by atoms with Crippen molar-refractivity contribution >= 4 is 22.6 Å². The fourth-order valence-corrected chi connectivity index (χ4v) is 2.20. The fraction of sp³-hybridized carbons (Fsp3) is 0.462. The monoisotopic (exact) mass is 251 g/mol. The summed E-state index contributed by atoms with van der Waals surface area (Å²) >= 11 is 6.19. The first-order valence-electron chi connectivity index (χ1n) is 5.69. The van der Waals surface area contributed by atoms with Crippen LogP contribution in [0.25, 0.3) is 11.0 Å². The molecule has 0 bridgehead atoms. The van der Waals surface area contributed by atoms with Crippen LogP contribution in [0.5, 0.6) is 0 Å². The van der Waals surface area contributed by atoms with E-state index in [1.165, 1.54) is 0 Å². The van der Waals surface area contributed by atoms with Crippen molar-refractivity contribution in [1.82, 2.24) is 9.55 Å². The number of aryl methyl sites for hydroxylation is 1. The summed E-state index contributed by atoms with van der Waals surface area (Å²) in [6.07, 6.45) is 0. The van der Waals surface area contributed by atoms with Gasteiger partial charge in [0.2, 0.25) is 0 Å². The quantitative estimate of drug-likeness (QED) is 0.845. The van der Waals surface area contributed by atoms with Gasteiger partial charge in [-0.05, 0) is 17.5 Å². The number of hydrogen-bond donors (Lipinski definition) is 1. The average Bonchev–Trinajstić information content (AvgIpc) is 2.55. The maximum atomic E-state index is 6.26. The second kappa shape index (κ2) is 4.00. The van der Waals surface area contributed by atoms with Gasteiger partial charge >= 0.3 is 0 Å². The van der Waals surface area contributed by atoms with E-state index in [1.807, 2.05) is 29.8 Å². The third-order valence-corrected chi connectivity index (χ3v) is 3.40.